The second-order valence-electron chi connectivity index (χ2n) is 2.97. The average molecular weight is 283 g/mol. The number of carbonyl (C=O) groups is 2. The van der Waals surface area contributed by atoms with Crippen LogP contribution in [-0.2, 0) is 14.3 Å². The largest absolute Gasteiger partial charge is 0.460 e. The molecule has 16 heavy (non-hydrogen) atoms. The van der Waals surface area contributed by atoms with Gasteiger partial charge < -0.3 is 4.74 Å². The van der Waals surface area contributed by atoms with Crippen molar-refractivity contribution in [1.82, 2.24) is 0 Å². The van der Waals surface area contributed by atoms with Crippen molar-refractivity contribution in [2.75, 3.05) is 6.61 Å². The van der Waals surface area contributed by atoms with Gasteiger partial charge in [0.15, 0.2) is 0 Å². The summed E-state index contributed by atoms with van der Waals surface area (Å²) in [6.07, 6.45) is 2.78. The molecule has 4 heteroatoms. The summed E-state index contributed by atoms with van der Waals surface area (Å²) in [5.41, 5.74) is 0.848. The van der Waals surface area contributed by atoms with Gasteiger partial charge in [0, 0.05) is 4.47 Å². The Hall–Kier alpha value is -1.42. The van der Waals surface area contributed by atoms with E-state index in [0.29, 0.717) is 0 Å². The van der Waals surface area contributed by atoms with E-state index in [2.05, 4.69) is 20.7 Å². The Morgan fingerprint density at radius 2 is 1.94 bits per heavy atom. The Morgan fingerprint density at radius 3 is 2.50 bits per heavy atom. The number of hydrogen-bond acceptors (Lipinski definition) is 3. The van der Waals surface area contributed by atoms with E-state index >= 15 is 0 Å². The molecule has 1 aromatic rings. The Bertz CT molecular complexity index is 407. The normalized spacial score (nSPS) is 10.4. The van der Waals surface area contributed by atoms with E-state index in [9.17, 15) is 9.59 Å². The van der Waals surface area contributed by atoms with Gasteiger partial charge in [-0.25, -0.2) is 4.79 Å². The molecule has 0 amide bonds. The highest BCUT2D eigenvalue weighted by Crippen LogP contribution is 2.11. The number of hydrogen-bond donors (Lipinski definition) is 0. The van der Waals surface area contributed by atoms with Crippen LogP contribution >= 0.6 is 15.9 Å². The van der Waals surface area contributed by atoms with E-state index in [1.54, 1.807) is 13.0 Å². The van der Waals surface area contributed by atoms with Gasteiger partial charge in [0.25, 0.3) is 5.78 Å². The van der Waals surface area contributed by atoms with Gasteiger partial charge in [-0.05, 0) is 30.7 Å². The first kappa shape index (κ1) is 12.6. The molecule has 0 atom stereocenters. The van der Waals surface area contributed by atoms with Crippen molar-refractivity contribution in [1.29, 1.82) is 0 Å². The average Bonchev–Trinajstić information content (AvgIpc) is 2.28. The molecular weight excluding hydrogens is 272 g/mol. The lowest BCUT2D eigenvalue weighted by molar-refractivity contribution is -0.151. The highest BCUT2D eigenvalue weighted by molar-refractivity contribution is 9.10. The lowest BCUT2D eigenvalue weighted by atomic mass is 10.2. The van der Waals surface area contributed by atoms with Gasteiger partial charge in [-0.2, -0.15) is 0 Å². The minimum atomic E-state index is -0.823. The van der Waals surface area contributed by atoms with Crippen LogP contribution in [0.25, 0.3) is 6.08 Å². The number of ether oxygens (including phenoxy) is 1. The van der Waals surface area contributed by atoms with Crippen LogP contribution in [0.15, 0.2) is 34.8 Å². The summed E-state index contributed by atoms with van der Waals surface area (Å²) in [7, 11) is 0. The lowest BCUT2D eigenvalue weighted by Gasteiger charge is -1.96. The SMILES string of the molecule is CCOC(=O)C(=O)/C=C/c1ccc(Br)cc1. The first-order chi connectivity index (χ1) is 7.63. The summed E-state index contributed by atoms with van der Waals surface area (Å²) in [5, 5.41) is 0. The molecule has 0 saturated heterocycles. The first-order valence-electron chi connectivity index (χ1n) is 4.78. The summed E-state index contributed by atoms with van der Waals surface area (Å²) < 4.78 is 5.52. The lowest BCUT2D eigenvalue weighted by Crippen LogP contribution is -2.14. The number of rotatable bonds is 4. The monoisotopic (exact) mass is 282 g/mol. The molecule has 0 aliphatic rings. The second-order valence-corrected chi connectivity index (χ2v) is 3.89. The van der Waals surface area contributed by atoms with E-state index in [1.807, 2.05) is 24.3 Å². The number of ketones is 1. The van der Waals surface area contributed by atoms with Crippen molar-refractivity contribution in [3.05, 3.63) is 40.4 Å². The maximum Gasteiger partial charge on any atom is 0.379 e. The zero-order valence-corrected chi connectivity index (χ0v) is 10.4. The summed E-state index contributed by atoms with van der Waals surface area (Å²) in [5.74, 6) is -1.47. The Labute approximate surface area is 102 Å². The topological polar surface area (TPSA) is 43.4 Å². The molecule has 0 fully saturated rings. The Morgan fingerprint density at radius 1 is 1.31 bits per heavy atom. The highest BCUT2D eigenvalue weighted by Gasteiger charge is 2.09. The maximum absolute atomic E-state index is 11.2. The fraction of sp³-hybridized carbons (Fsp3) is 0.167. The first-order valence-corrected chi connectivity index (χ1v) is 5.57. The molecule has 0 bridgehead atoms. The van der Waals surface area contributed by atoms with Gasteiger partial charge in [0.05, 0.1) is 6.61 Å². The minimum Gasteiger partial charge on any atom is -0.460 e. The van der Waals surface area contributed by atoms with Crippen LogP contribution in [0.3, 0.4) is 0 Å². The number of halogens is 1. The molecule has 0 aliphatic carbocycles. The van der Waals surface area contributed by atoms with E-state index in [-0.39, 0.29) is 6.61 Å². The van der Waals surface area contributed by atoms with E-state index in [1.165, 1.54) is 6.08 Å². The van der Waals surface area contributed by atoms with Crippen LogP contribution in [0, 0.1) is 0 Å². The number of carbonyl (C=O) groups excluding carboxylic acids is 2. The number of esters is 1. The molecule has 84 valence electrons. The molecule has 0 saturated carbocycles. The maximum atomic E-state index is 11.2. The fourth-order valence-electron chi connectivity index (χ4n) is 1.02. The van der Waals surface area contributed by atoms with Crippen LogP contribution in [0.4, 0.5) is 0 Å². The van der Waals surface area contributed by atoms with Gasteiger partial charge >= 0.3 is 5.97 Å². The molecule has 0 aromatic heterocycles. The second kappa shape index (κ2) is 6.23. The molecule has 1 aromatic carbocycles. The third kappa shape index (κ3) is 3.98. The van der Waals surface area contributed by atoms with Crippen molar-refractivity contribution >= 4 is 33.8 Å². The summed E-state index contributed by atoms with van der Waals surface area (Å²) in [6, 6.07) is 7.38. The van der Waals surface area contributed by atoms with Crippen molar-refractivity contribution in [3.8, 4) is 0 Å². The van der Waals surface area contributed by atoms with Crippen molar-refractivity contribution in [2.45, 2.75) is 6.92 Å². The summed E-state index contributed by atoms with van der Waals surface area (Å²) in [4.78, 5) is 22.2. The van der Waals surface area contributed by atoms with E-state index in [0.717, 1.165) is 10.0 Å². The molecule has 0 aliphatic heterocycles. The smallest absolute Gasteiger partial charge is 0.379 e. The third-order valence-electron chi connectivity index (χ3n) is 1.77. The standard InChI is InChI=1S/C12H11BrO3/c1-2-16-12(15)11(14)8-5-9-3-6-10(13)7-4-9/h3-8H,2H2,1H3/b8-5+. The molecule has 1 rings (SSSR count). The highest BCUT2D eigenvalue weighted by atomic mass is 79.9. The van der Waals surface area contributed by atoms with Crippen LogP contribution in [-0.4, -0.2) is 18.4 Å². The number of benzene rings is 1. The summed E-state index contributed by atoms with van der Waals surface area (Å²) in [6.45, 7) is 1.86. The zero-order chi connectivity index (χ0) is 12.0. The fourth-order valence-corrected chi connectivity index (χ4v) is 1.28. The Balaban J connectivity index is 2.63. The van der Waals surface area contributed by atoms with Crippen molar-refractivity contribution < 1.29 is 14.3 Å². The molecule has 0 spiro atoms. The summed E-state index contributed by atoms with van der Waals surface area (Å²) >= 11 is 3.30. The van der Waals surface area contributed by atoms with Gasteiger partial charge in [0.2, 0.25) is 0 Å². The van der Waals surface area contributed by atoms with Crippen molar-refractivity contribution in [3.63, 3.8) is 0 Å². The molecule has 0 radical (unpaired) electrons. The minimum absolute atomic E-state index is 0.205. The van der Waals surface area contributed by atoms with Gasteiger partial charge in [-0.15, -0.1) is 0 Å². The van der Waals surface area contributed by atoms with Crippen LogP contribution in [0.1, 0.15) is 12.5 Å². The molecule has 0 heterocycles. The molecular formula is C12H11BrO3. The predicted octanol–water partition coefficient (Wildman–Crippen LogP) is 2.59. The van der Waals surface area contributed by atoms with E-state index < -0.39 is 11.8 Å². The van der Waals surface area contributed by atoms with Crippen LogP contribution in [0.2, 0.25) is 0 Å². The zero-order valence-electron chi connectivity index (χ0n) is 8.77. The van der Waals surface area contributed by atoms with Gasteiger partial charge in [-0.3, -0.25) is 4.79 Å². The third-order valence-corrected chi connectivity index (χ3v) is 2.30. The quantitative estimate of drug-likeness (QED) is 0.484. The van der Waals surface area contributed by atoms with E-state index in [4.69, 9.17) is 0 Å². The van der Waals surface area contributed by atoms with Crippen LogP contribution < -0.4 is 0 Å². The predicted molar refractivity (Wildman–Crippen MR) is 64.8 cm³/mol. The van der Waals surface area contributed by atoms with Gasteiger partial charge in [0.1, 0.15) is 0 Å². The van der Waals surface area contributed by atoms with Gasteiger partial charge in [-0.1, -0.05) is 34.1 Å². The molecule has 0 unspecified atom stereocenters. The van der Waals surface area contributed by atoms with Crippen molar-refractivity contribution in [2.24, 2.45) is 0 Å². The molecule has 3 nitrogen and oxygen atoms in total. The molecule has 0 N–H and O–H groups in total. The Kier molecular flexibility index (Phi) is 4.92. The van der Waals surface area contributed by atoms with Crippen LogP contribution in [0.5, 0.6) is 0 Å².